The van der Waals surface area contributed by atoms with E-state index >= 15 is 0 Å². The Morgan fingerprint density at radius 3 is 2.61 bits per heavy atom. The van der Waals surface area contributed by atoms with Crippen LogP contribution in [-0.2, 0) is 13.0 Å². The quantitative estimate of drug-likeness (QED) is 0.505. The average Bonchev–Trinajstić information content (AvgIpc) is 2.73. The molecule has 4 nitrogen and oxygen atoms in total. The fourth-order valence-electron chi connectivity index (χ4n) is 2.79. The topological polar surface area (TPSA) is 54.0 Å². The van der Waals surface area contributed by atoms with Gasteiger partial charge in [-0.1, -0.05) is 37.6 Å². The van der Waals surface area contributed by atoms with Gasteiger partial charge in [-0.05, 0) is 72.3 Å². The number of hydrogen-bond donors (Lipinski definition) is 2. The second-order valence-electron chi connectivity index (χ2n) is 6.67. The smallest absolute Gasteiger partial charge is 0.251 e. The number of carbonyl (C=O) groups is 1. The molecule has 0 radical (unpaired) electrons. The van der Waals surface area contributed by atoms with Crippen molar-refractivity contribution in [3.8, 4) is 0 Å². The molecule has 0 saturated heterocycles. The highest BCUT2D eigenvalue weighted by atomic mass is 32.2. The summed E-state index contributed by atoms with van der Waals surface area (Å²) in [5, 5.41) is 2.94. The molecule has 3 rings (SSSR count). The van der Waals surface area contributed by atoms with Gasteiger partial charge in [0.1, 0.15) is 0 Å². The Balaban J connectivity index is 1.61. The molecule has 1 heterocycles. The summed E-state index contributed by atoms with van der Waals surface area (Å²) in [6.07, 6.45) is 5.73. The van der Waals surface area contributed by atoms with Crippen LogP contribution in [-0.4, -0.2) is 10.9 Å². The van der Waals surface area contributed by atoms with Crippen LogP contribution < -0.4 is 10.0 Å². The van der Waals surface area contributed by atoms with Crippen molar-refractivity contribution in [2.45, 2.75) is 38.1 Å². The Labute approximate surface area is 170 Å². The van der Waals surface area contributed by atoms with Crippen molar-refractivity contribution in [3.05, 3.63) is 89.2 Å². The predicted octanol–water partition coefficient (Wildman–Crippen LogP) is 5.39. The van der Waals surface area contributed by atoms with Crippen molar-refractivity contribution in [1.82, 2.24) is 10.3 Å². The molecular weight excluding hydrogens is 366 g/mol. The number of hydrogen-bond acceptors (Lipinski definition) is 4. The zero-order chi connectivity index (χ0) is 19.8. The Morgan fingerprint density at radius 1 is 1.07 bits per heavy atom. The van der Waals surface area contributed by atoms with E-state index in [1.54, 1.807) is 24.3 Å². The number of pyridine rings is 1. The van der Waals surface area contributed by atoms with Crippen molar-refractivity contribution in [3.63, 3.8) is 0 Å². The van der Waals surface area contributed by atoms with E-state index in [4.69, 9.17) is 0 Å². The van der Waals surface area contributed by atoms with Gasteiger partial charge in [-0.15, -0.1) is 0 Å². The van der Waals surface area contributed by atoms with E-state index in [-0.39, 0.29) is 5.91 Å². The summed E-state index contributed by atoms with van der Waals surface area (Å²) in [6, 6.07) is 18.1. The van der Waals surface area contributed by atoms with Crippen LogP contribution in [0.1, 0.15) is 40.4 Å². The molecule has 5 heteroatoms. The third-order valence-electron chi connectivity index (χ3n) is 4.42. The number of aromatic nitrogens is 1. The van der Waals surface area contributed by atoms with Gasteiger partial charge >= 0.3 is 0 Å². The highest BCUT2D eigenvalue weighted by Gasteiger charge is 2.08. The Morgan fingerprint density at radius 2 is 1.89 bits per heavy atom. The third-order valence-corrected chi connectivity index (χ3v) is 5.25. The zero-order valence-corrected chi connectivity index (χ0v) is 17.1. The van der Waals surface area contributed by atoms with Gasteiger partial charge in [0.25, 0.3) is 5.91 Å². The first-order chi connectivity index (χ1) is 13.7. The molecule has 1 amide bonds. The molecule has 0 fully saturated rings. The van der Waals surface area contributed by atoms with Crippen LogP contribution in [0.4, 0.5) is 5.69 Å². The standard InChI is InChI=1S/C23H25N3OS/c1-3-5-18-8-11-21(12-9-18)28-26-22-14-20(10-7-17(22)2)23(27)25-16-19-6-4-13-24-15-19/h4,6-15,26H,3,5,16H2,1-2H3,(H,25,27). The number of benzene rings is 2. The van der Waals surface area contributed by atoms with Gasteiger partial charge < -0.3 is 10.0 Å². The van der Waals surface area contributed by atoms with Gasteiger partial charge in [0.05, 0.1) is 0 Å². The van der Waals surface area contributed by atoms with E-state index in [2.05, 4.69) is 46.2 Å². The number of anilines is 1. The van der Waals surface area contributed by atoms with Crippen LogP contribution in [0, 0.1) is 6.92 Å². The summed E-state index contributed by atoms with van der Waals surface area (Å²) in [4.78, 5) is 17.7. The molecule has 0 saturated carbocycles. The Hall–Kier alpha value is -2.79. The summed E-state index contributed by atoms with van der Waals surface area (Å²) in [7, 11) is 0. The summed E-state index contributed by atoms with van der Waals surface area (Å²) < 4.78 is 3.38. The molecule has 144 valence electrons. The Kier molecular flexibility index (Phi) is 7.09. The summed E-state index contributed by atoms with van der Waals surface area (Å²) >= 11 is 1.56. The van der Waals surface area contributed by atoms with Gasteiger partial charge in [-0.3, -0.25) is 9.78 Å². The molecule has 0 aliphatic rings. The average molecular weight is 392 g/mol. The minimum Gasteiger partial charge on any atom is -0.348 e. The minimum atomic E-state index is -0.0965. The van der Waals surface area contributed by atoms with Crippen molar-refractivity contribution in [1.29, 1.82) is 0 Å². The maximum atomic E-state index is 12.5. The molecule has 0 aliphatic heterocycles. The maximum Gasteiger partial charge on any atom is 0.251 e. The molecule has 28 heavy (non-hydrogen) atoms. The fourth-order valence-corrected chi connectivity index (χ4v) is 3.51. The predicted molar refractivity (Wildman–Crippen MR) is 117 cm³/mol. The molecule has 1 aromatic heterocycles. The van der Waals surface area contributed by atoms with Crippen LogP contribution in [0.2, 0.25) is 0 Å². The lowest BCUT2D eigenvalue weighted by atomic mass is 10.1. The zero-order valence-electron chi connectivity index (χ0n) is 16.2. The lowest BCUT2D eigenvalue weighted by Gasteiger charge is -2.11. The maximum absolute atomic E-state index is 12.5. The van der Waals surface area contributed by atoms with Crippen LogP contribution in [0.15, 0.2) is 71.9 Å². The van der Waals surface area contributed by atoms with Crippen LogP contribution in [0.5, 0.6) is 0 Å². The highest BCUT2D eigenvalue weighted by molar-refractivity contribution is 8.00. The van der Waals surface area contributed by atoms with Crippen LogP contribution in [0.25, 0.3) is 0 Å². The molecule has 3 aromatic rings. The molecule has 0 spiro atoms. The first kappa shape index (κ1) is 20.0. The van der Waals surface area contributed by atoms with Gasteiger partial charge in [0.15, 0.2) is 0 Å². The van der Waals surface area contributed by atoms with Crippen molar-refractivity contribution in [2.24, 2.45) is 0 Å². The Bertz CT molecular complexity index is 911. The molecule has 0 aliphatic carbocycles. The van der Waals surface area contributed by atoms with Crippen molar-refractivity contribution < 1.29 is 4.79 Å². The van der Waals surface area contributed by atoms with E-state index in [1.165, 1.54) is 5.56 Å². The number of aryl methyl sites for hydroxylation is 2. The van der Waals surface area contributed by atoms with Gasteiger partial charge in [0.2, 0.25) is 0 Å². The van der Waals surface area contributed by atoms with Crippen molar-refractivity contribution in [2.75, 3.05) is 4.72 Å². The first-order valence-corrected chi connectivity index (χ1v) is 10.3. The van der Waals surface area contributed by atoms with Crippen molar-refractivity contribution >= 4 is 23.5 Å². The number of amides is 1. The van der Waals surface area contributed by atoms with E-state index in [0.717, 1.165) is 34.6 Å². The molecule has 2 aromatic carbocycles. The first-order valence-electron chi connectivity index (χ1n) is 9.45. The third kappa shape index (κ3) is 5.60. The van der Waals surface area contributed by atoms with E-state index < -0.39 is 0 Å². The molecule has 0 unspecified atom stereocenters. The second kappa shape index (κ2) is 9.95. The SMILES string of the molecule is CCCc1ccc(SNc2cc(C(=O)NCc3cccnc3)ccc2C)cc1. The lowest BCUT2D eigenvalue weighted by Crippen LogP contribution is -2.22. The molecular formula is C23H25N3OS. The van der Waals surface area contributed by atoms with E-state index in [1.807, 2.05) is 37.3 Å². The molecule has 0 bridgehead atoms. The summed E-state index contributed by atoms with van der Waals surface area (Å²) in [5.74, 6) is -0.0965. The fraction of sp³-hybridized carbons (Fsp3) is 0.217. The van der Waals surface area contributed by atoms with Gasteiger partial charge in [-0.2, -0.15) is 0 Å². The van der Waals surface area contributed by atoms with Gasteiger partial charge in [-0.25, -0.2) is 0 Å². The van der Waals surface area contributed by atoms with Crippen LogP contribution in [0.3, 0.4) is 0 Å². The summed E-state index contributed by atoms with van der Waals surface area (Å²) in [5.41, 5.74) is 5.00. The lowest BCUT2D eigenvalue weighted by molar-refractivity contribution is 0.0951. The molecule has 2 N–H and O–H groups in total. The normalized spacial score (nSPS) is 10.5. The van der Waals surface area contributed by atoms with Crippen LogP contribution >= 0.6 is 11.9 Å². The second-order valence-corrected chi connectivity index (χ2v) is 7.55. The van der Waals surface area contributed by atoms with Gasteiger partial charge in [0, 0.05) is 35.1 Å². The minimum absolute atomic E-state index is 0.0965. The molecule has 0 atom stereocenters. The van der Waals surface area contributed by atoms with E-state index in [9.17, 15) is 4.79 Å². The summed E-state index contributed by atoms with van der Waals surface area (Å²) in [6.45, 7) is 4.68. The van der Waals surface area contributed by atoms with E-state index in [0.29, 0.717) is 12.1 Å². The monoisotopic (exact) mass is 391 g/mol. The highest BCUT2D eigenvalue weighted by Crippen LogP contribution is 2.25. The number of rotatable bonds is 8. The number of carbonyl (C=O) groups excluding carboxylic acids is 1. The largest absolute Gasteiger partial charge is 0.348 e. The number of nitrogens with zero attached hydrogens (tertiary/aromatic N) is 1. The number of nitrogens with one attached hydrogen (secondary N) is 2.